The molecular formula is C14H17NO2. The Kier molecular flexibility index (Phi) is 4.36. The normalized spacial score (nSPS) is 12.5. The summed E-state index contributed by atoms with van der Waals surface area (Å²) in [5.41, 5.74) is 0.965. The molecule has 0 aliphatic heterocycles. The molecule has 1 aromatic carbocycles. The molecule has 3 nitrogen and oxygen atoms in total. The predicted octanol–water partition coefficient (Wildman–Crippen LogP) is 2.49. The molecule has 0 saturated heterocycles. The highest BCUT2D eigenvalue weighted by Gasteiger charge is 2.05. The second-order valence-corrected chi connectivity index (χ2v) is 3.97. The number of aliphatic hydroxyl groups excluding tert-OH is 1. The third kappa shape index (κ3) is 3.73. The van der Waals surface area contributed by atoms with Crippen molar-refractivity contribution in [3.05, 3.63) is 60.1 Å². The Morgan fingerprint density at radius 3 is 2.65 bits per heavy atom. The van der Waals surface area contributed by atoms with Crippen molar-refractivity contribution < 1.29 is 9.52 Å². The van der Waals surface area contributed by atoms with E-state index in [2.05, 4.69) is 5.32 Å². The summed E-state index contributed by atoms with van der Waals surface area (Å²) in [4.78, 5) is 0. The largest absolute Gasteiger partial charge is 0.468 e. The third-order valence-electron chi connectivity index (χ3n) is 2.66. The highest BCUT2D eigenvalue weighted by Crippen LogP contribution is 2.14. The maximum Gasteiger partial charge on any atom is 0.117 e. The summed E-state index contributed by atoms with van der Waals surface area (Å²) in [6.45, 7) is 1.46. The van der Waals surface area contributed by atoms with Crippen LogP contribution in [-0.4, -0.2) is 11.7 Å². The number of rotatable bonds is 6. The summed E-state index contributed by atoms with van der Waals surface area (Å²) in [5, 5.41) is 13.1. The fraction of sp³-hybridized carbons (Fsp3) is 0.286. The molecule has 0 aliphatic rings. The average molecular weight is 231 g/mol. The minimum absolute atomic E-state index is 0.402. The Hall–Kier alpha value is -1.58. The molecule has 0 fully saturated rings. The summed E-state index contributed by atoms with van der Waals surface area (Å²) in [6.07, 6.45) is 1.96. The van der Waals surface area contributed by atoms with Crippen molar-refractivity contribution in [1.29, 1.82) is 0 Å². The van der Waals surface area contributed by atoms with E-state index >= 15 is 0 Å². The van der Waals surface area contributed by atoms with Gasteiger partial charge in [0.05, 0.1) is 18.9 Å². The molecule has 1 aromatic heterocycles. The van der Waals surface area contributed by atoms with Crippen LogP contribution in [0.2, 0.25) is 0 Å². The van der Waals surface area contributed by atoms with Crippen LogP contribution in [-0.2, 0) is 6.54 Å². The van der Waals surface area contributed by atoms with Crippen LogP contribution in [0.4, 0.5) is 0 Å². The molecular weight excluding hydrogens is 214 g/mol. The molecule has 0 amide bonds. The zero-order valence-electron chi connectivity index (χ0n) is 9.67. The van der Waals surface area contributed by atoms with E-state index in [9.17, 15) is 5.11 Å². The van der Waals surface area contributed by atoms with Gasteiger partial charge >= 0.3 is 0 Å². The number of aliphatic hydroxyl groups is 1. The van der Waals surface area contributed by atoms with Gasteiger partial charge in [-0.3, -0.25) is 0 Å². The summed E-state index contributed by atoms with van der Waals surface area (Å²) in [7, 11) is 0. The van der Waals surface area contributed by atoms with E-state index in [1.807, 2.05) is 42.5 Å². The lowest BCUT2D eigenvalue weighted by molar-refractivity contribution is 0.166. The Bertz CT molecular complexity index is 411. The SMILES string of the molecule is OC(CCNCc1ccco1)c1ccccc1. The summed E-state index contributed by atoms with van der Waals surface area (Å²) in [6, 6.07) is 13.5. The zero-order chi connectivity index (χ0) is 11.9. The van der Waals surface area contributed by atoms with Crippen LogP contribution in [0.25, 0.3) is 0 Å². The summed E-state index contributed by atoms with van der Waals surface area (Å²) in [5.74, 6) is 0.916. The van der Waals surface area contributed by atoms with Crippen molar-refractivity contribution in [3.8, 4) is 0 Å². The van der Waals surface area contributed by atoms with Gasteiger partial charge in [-0.15, -0.1) is 0 Å². The lowest BCUT2D eigenvalue weighted by atomic mass is 10.1. The minimum Gasteiger partial charge on any atom is -0.468 e. The lowest BCUT2D eigenvalue weighted by Gasteiger charge is -2.10. The van der Waals surface area contributed by atoms with Gasteiger partial charge in [-0.1, -0.05) is 30.3 Å². The molecule has 0 bridgehead atoms. The van der Waals surface area contributed by atoms with Gasteiger partial charge < -0.3 is 14.8 Å². The highest BCUT2D eigenvalue weighted by molar-refractivity contribution is 5.17. The number of nitrogens with one attached hydrogen (secondary N) is 1. The Morgan fingerprint density at radius 1 is 1.12 bits per heavy atom. The van der Waals surface area contributed by atoms with Crippen LogP contribution in [0.5, 0.6) is 0 Å². The Labute approximate surface area is 101 Å². The fourth-order valence-corrected chi connectivity index (χ4v) is 1.71. The third-order valence-corrected chi connectivity index (χ3v) is 2.66. The quantitative estimate of drug-likeness (QED) is 0.751. The Balaban J connectivity index is 1.68. The minimum atomic E-state index is -0.402. The molecule has 0 radical (unpaired) electrons. The van der Waals surface area contributed by atoms with Gasteiger partial charge in [-0.25, -0.2) is 0 Å². The monoisotopic (exact) mass is 231 g/mol. The maximum atomic E-state index is 9.91. The molecule has 0 saturated carbocycles. The maximum absolute atomic E-state index is 9.91. The van der Waals surface area contributed by atoms with E-state index in [0.717, 1.165) is 17.9 Å². The van der Waals surface area contributed by atoms with Gasteiger partial charge in [-0.2, -0.15) is 0 Å². The van der Waals surface area contributed by atoms with Crippen molar-refractivity contribution in [2.75, 3.05) is 6.54 Å². The van der Waals surface area contributed by atoms with E-state index in [1.165, 1.54) is 0 Å². The first-order valence-electron chi connectivity index (χ1n) is 5.82. The van der Waals surface area contributed by atoms with Crippen molar-refractivity contribution in [2.45, 2.75) is 19.1 Å². The van der Waals surface area contributed by atoms with Crippen molar-refractivity contribution in [2.24, 2.45) is 0 Å². The van der Waals surface area contributed by atoms with Crippen molar-refractivity contribution in [1.82, 2.24) is 5.32 Å². The standard InChI is InChI=1S/C14H17NO2/c16-14(12-5-2-1-3-6-12)8-9-15-11-13-7-4-10-17-13/h1-7,10,14-16H,8-9,11H2. The number of furan rings is 1. The summed E-state index contributed by atoms with van der Waals surface area (Å²) < 4.78 is 5.20. The molecule has 0 spiro atoms. The molecule has 1 heterocycles. The first-order valence-corrected chi connectivity index (χ1v) is 5.82. The van der Waals surface area contributed by atoms with Crippen LogP contribution in [0.3, 0.4) is 0 Å². The lowest BCUT2D eigenvalue weighted by Crippen LogP contribution is -2.16. The van der Waals surface area contributed by atoms with Gasteiger partial charge in [-0.05, 0) is 30.7 Å². The first kappa shape index (κ1) is 11.9. The van der Waals surface area contributed by atoms with E-state index in [-0.39, 0.29) is 0 Å². The molecule has 2 rings (SSSR count). The number of hydrogen-bond acceptors (Lipinski definition) is 3. The second kappa shape index (κ2) is 6.23. The number of hydrogen-bond donors (Lipinski definition) is 2. The molecule has 0 aliphatic carbocycles. The second-order valence-electron chi connectivity index (χ2n) is 3.97. The van der Waals surface area contributed by atoms with Crippen LogP contribution in [0, 0.1) is 0 Å². The topological polar surface area (TPSA) is 45.4 Å². The predicted molar refractivity (Wildman–Crippen MR) is 66.4 cm³/mol. The zero-order valence-corrected chi connectivity index (χ0v) is 9.67. The molecule has 90 valence electrons. The van der Waals surface area contributed by atoms with Crippen LogP contribution in [0.15, 0.2) is 53.1 Å². The molecule has 1 atom stereocenters. The highest BCUT2D eigenvalue weighted by atomic mass is 16.3. The summed E-state index contributed by atoms with van der Waals surface area (Å²) >= 11 is 0. The van der Waals surface area contributed by atoms with E-state index in [4.69, 9.17) is 4.42 Å². The van der Waals surface area contributed by atoms with E-state index in [1.54, 1.807) is 6.26 Å². The molecule has 2 aromatic rings. The molecule has 17 heavy (non-hydrogen) atoms. The first-order chi connectivity index (χ1) is 8.36. The van der Waals surface area contributed by atoms with Crippen LogP contribution in [0.1, 0.15) is 23.8 Å². The van der Waals surface area contributed by atoms with Gasteiger partial charge in [0, 0.05) is 0 Å². The van der Waals surface area contributed by atoms with Gasteiger partial charge in [0.25, 0.3) is 0 Å². The van der Waals surface area contributed by atoms with Gasteiger partial charge in [0.2, 0.25) is 0 Å². The fourth-order valence-electron chi connectivity index (χ4n) is 1.71. The van der Waals surface area contributed by atoms with E-state index < -0.39 is 6.10 Å². The molecule has 1 unspecified atom stereocenters. The van der Waals surface area contributed by atoms with Crippen molar-refractivity contribution in [3.63, 3.8) is 0 Å². The van der Waals surface area contributed by atoms with E-state index in [0.29, 0.717) is 13.0 Å². The number of benzene rings is 1. The van der Waals surface area contributed by atoms with Crippen molar-refractivity contribution >= 4 is 0 Å². The molecule has 2 N–H and O–H groups in total. The van der Waals surface area contributed by atoms with Gasteiger partial charge in [0.1, 0.15) is 5.76 Å². The smallest absolute Gasteiger partial charge is 0.117 e. The average Bonchev–Trinajstić information content (AvgIpc) is 2.88. The van der Waals surface area contributed by atoms with Crippen LogP contribution < -0.4 is 5.32 Å². The Morgan fingerprint density at radius 2 is 1.94 bits per heavy atom. The molecule has 3 heteroatoms. The van der Waals surface area contributed by atoms with Crippen LogP contribution >= 0.6 is 0 Å². The van der Waals surface area contributed by atoms with Gasteiger partial charge in [0.15, 0.2) is 0 Å².